The predicted molar refractivity (Wildman–Crippen MR) is 87.3 cm³/mol. The summed E-state index contributed by atoms with van der Waals surface area (Å²) in [4.78, 5) is 21.5. The van der Waals surface area contributed by atoms with Gasteiger partial charge in [-0.25, -0.2) is 9.97 Å². The summed E-state index contributed by atoms with van der Waals surface area (Å²) in [5.74, 6) is 0.948. The van der Waals surface area contributed by atoms with E-state index in [1.54, 1.807) is 6.20 Å². The van der Waals surface area contributed by atoms with Crippen molar-refractivity contribution >= 4 is 34.5 Å². The van der Waals surface area contributed by atoms with Crippen molar-refractivity contribution in [3.63, 3.8) is 0 Å². The first kappa shape index (κ1) is 15.9. The van der Waals surface area contributed by atoms with E-state index in [9.17, 15) is 4.79 Å². The zero-order valence-corrected chi connectivity index (χ0v) is 13.7. The number of hydrogen-bond acceptors (Lipinski definition) is 5. The van der Waals surface area contributed by atoms with Gasteiger partial charge in [-0.1, -0.05) is 13.8 Å². The molecule has 0 saturated carbocycles. The van der Waals surface area contributed by atoms with E-state index >= 15 is 0 Å². The van der Waals surface area contributed by atoms with Gasteiger partial charge >= 0.3 is 0 Å². The highest BCUT2D eigenvalue weighted by Gasteiger charge is 2.18. The Balaban J connectivity index is 2.28. The average Bonchev–Trinajstić information content (AvgIpc) is 3.01. The minimum atomic E-state index is -0.0644. The third kappa shape index (κ3) is 3.80. The fourth-order valence-corrected chi connectivity index (χ4v) is 3.11. The van der Waals surface area contributed by atoms with E-state index in [4.69, 9.17) is 11.6 Å². The number of halogens is 1. The van der Waals surface area contributed by atoms with Gasteiger partial charge in [-0.05, 0) is 29.9 Å². The van der Waals surface area contributed by atoms with Gasteiger partial charge in [0, 0.05) is 18.1 Å². The van der Waals surface area contributed by atoms with Crippen molar-refractivity contribution in [1.29, 1.82) is 0 Å². The number of rotatable bonds is 7. The molecule has 0 saturated heterocycles. The fraction of sp³-hybridized carbons (Fsp3) is 0.400. The Hall–Kier alpha value is -1.46. The van der Waals surface area contributed by atoms with Crippen LogP contribution in [0.4, 0.5) is 5.82 Å². The fourth-order valence-electron chi connectivity index (χ4n) is 1.99. The normalized spacial score (nSPS) is 10.9. The lowest BCUT2D eigenvalue weighted by Gasteiger charge is -2.16. The zero-order chi connectivity index (χ0) is 15.2. The minimum absolute atomic E-state index is 0.0644. The molecule has 0 aliphatic carbocycles. The van der Waals surface area contributed by atoms with Crippen LogP contribution in [0.25, 0.3) is 0 Å². The van der Waals surface area contributed by atoms with E-state index in [1.165, 1.54) is 17.7 Å². The number of anilines is 1. The number of nitrogens with zero attached hydrogens (tertiary/aromatic N) is 2. The van der Waals surface area contributed by atoms with E-state index in [1.807, 2.05) is 11.4 Å². The van der Waals surface area contributed by atoms with Crippen molar-refractivity contribution in [3.8, 4) is 0 Å². The Kier molecular flexibility index (Phi) is 5.70. The minimum Gasteiger partial charge on any atom is -0.367 e. The van der Waals surface area contributed by atoms with Crippen LogP contribution in [0.15, 0.2) is 24.0 Å². The number of aromatic nitrogens is 2. The second-order valence-electron chi connectivity index (χ2n) is 4.72. The molecular formula is C15H18ClN3OS. The van der Waals surface area contributed by atoms with Crippen LogP contribution in [0.3, 0.4) is 0 Å². The summed E-state index contributed by atoms with van der Waals surface area (Å²) in [5, 5.41) is 5.23. The molecule has 6 heteroatoms. The number of nitrogens with one attached hydrogen (secondary N) is 1. The van der Waals surface area contributed by atoms with Crippen LogP contribution < -0.4 is 5.32 Å². The number of carbonyl (C=O) groups is 1. The van der Waals surface area contributed by atoms with Crippen LogP contribution >= 0.6 is 22.9 Å². The number of hydrogen-bond donors (Lipinski definition) is 1. The molecule has 112 valence electrons. The van der Waals surface area contributed by atoms with E-state index in [0.717, 1.165) is 18.4 Å². The monoisotopic (exact) mass is 323 g/mol. The summed E-state index contributed by atoms with van der Waals surface area (Å²) >= 11 is 7.19. The van der Waals surface area contributed by atoms with E-state index in [2.05, 4.69) is 29.1 Å². The van der Waals surface area contributed by atoms with Gasteiger partial charge in [0.15, 0.2) is 0 Å². The van der Waals surface area contributed by atoms with Gasteiger partial charge in [-0.2, -0.15) is 0 Å². The molecular weight excluding hydrogens is 306 g/mol. The largest absolute Gasteiger partial charge is 0.367 e. The van der Waals surface area contributed by atoms with Gasteiger partial charge < -0.3 is 5.32 Å². The van der Waals surface area contributed by atoms with Crippen LogP contribution in [0.5, 0.6) is 0 Å². The molecule has 2 rings (SSSR count). The third-order valence-corrected chi connectivity index (χ3v) is 4.60. The van der Waals surface area contributed by atoms with Gasteiger partial charge in [0.2, 0.25) is 5.78 Å². The molecule has 0 fully saturated rings. The standard InChI is InChI=1S/C15H18ClN3OS/c1-3-11(4-2)19-15-12(7-17-9-18-15)14(20)13-5-10(6-16)8-21-13/h5,7-9,11H,3-4,6H2,1-2H3,(H,17,18,19). The van der Waals surface area contributed by atoms with Crippen molar-refractivity contribution in [2.24, 2.45) is 0 Å². The second-order valence-corrected chi connectivity index (χ2v) is 5.90. The SMILES string of the molecule is CCC(CC)Nc1ncncc1C(=O)c1cc(CCl)cs1. The predicted octanol–water partition coefficient (Wildman–Crippen LogP) is 4.11. The summed E-state index contributed by atoms with van der Waals surface area (Å²) in [5.41, 5.74) is 1.46. The Morgan fingerprint density at radius 3 is 2.81 bits per heavy atom. The van der Waals surface area contributed by atoms with Gasteiger partial charge in [-0.15, -0.1) is 22.9 Å². The molecule has 21 heavy (non-hydrogen) atoms. The zero-order valence-electron chi connectivity index (χ0n) is 12.1. The average molecular weight is 324 g/mol. The van der Waals surface area contributed by atoms with Crippen LogP contribution in [0.1, 0.15) is 47.5 Å². The molecule has 0 amide bonds. The van der Waals surface area contributed by atoms with Crippen molar-refractivity contribution in [2.75, 3.05) is 5.32 Å². The summed E-state index contributed by atoms with van der Waals surface area (Å²) in [6.07, 6.45) is 4.98. The highest BCUT2D eigenvalue weighted by molar-refractivity contribution is 7.12. The molecule has 0 radical (unpaired) electrons. The third-order valence-electron chi connectivity index (χ3n) is 3.32. The molecule has 4 nitrogen and oxygen atoms in total. The summed E-state index contributed by atoms with van der Waals surface area (Å²) < 4.78 is 0. The smallest absolute Gasteiger partial charge is 0.208 e. The maximum absolute atomic E-state index is 12.6. The molecule has 2 heterocycles. The first-order valence-corrected chi connectivity index (χ1v) is 8.35. The summed E-state index contributed by atoms with van der Waals surface area (Å²) in [7, 11) is 0. The molecule has 0 aromatic carbocycles. The number of alkyl halides is 1. The molecule has 0 bridgehead atoms. The first-order chi connectivity index (χ1) is 10.2. The van der Waals surface area contributed by atoms with Crippen molar-refractivity contribution in [2.45, 2.75) is 38.6 Å². The van der Waals surface area contributed by atoms with E-state index in [0.29, 0.717) is 28.2 Å². The van der Waals surface area contributed by atoms with Crippen molar-refractivity contribution < 1.29 is 4.79 Å². The van der Waals surface area contributed by atoms with Crippen LogP contribution in [0, 0.1) is 0 Å². The maximum atomic E-state index is 12.6. The summed E-state index contributed by atoms with van der Waals surface area (Å²) in [6, 6.07) is 2.13. The number of ketones is 1. The van der Waals surface area contributed by atoms with E-state index in [-0.39, 0.29) is 5.78 Å². The van der Waals surface area contributed by atoms with Gasteiger partial charge in [0.1, 0.15) is 12.1 Å². The van der Waals surface area contributed by atoms with Crippen LogP contribution in [-0.4, -0.2) is 21.8 Å². The highest BCUT2D eigenvalue weighted by Crippen LogP contribution is 2.23. The van der Waals surface area contributed by atoms with Gasteiger partial charge in [0.25, 0.3) is 0 Å². The summed E-state index contributed by atoms with van der Waals surface area (Å²) in [6.45, 7) is 4.21. The van der Waals surface area contributed by atoms with E-state index < -0.39 is 0 Å². The molecule has 0 aliphatic heterocycles. The molecule has 0 spiro atoms. The Morgan fingerprint density at radius 2 is 2.19 bits per heavy atom. The molecule has 2 aromatic rings. The number of thiophene rings is 1. The number of carbonyl (C=O) groups excluding carboxylic acids is 1. The maximum Gasteiger partial charge on any atom is 0.208 e. The van der Waals surface area contributed by atoms with Gasteiger partial charge in [-0.3, -0.25) is 4.79 Å². The highest BCUT2D eigenvalue weighted by atomic mass is 35.5. The lowest BCUT2D eigenvalue weighted by atomic mass is 10.1. The topological polar surface area (TPSA) is 54.9 Å². The molecule has 1 N–H and O–H groups in total. The quantitative estimate of drug-likeness (QED) is 0.615. The molecule has 0 aliphatic rings. The van der Waals surface area contributed by atoms with Crippen LogP contribution in [0.2, 0.25) is 0 Å². The second kappa shape index (κ2) is 7.52. The van der Waals surface area contributed by atoms with Gasteiger partial charge in [0.05, 0.1) is 10.4 Å². The Morgan fingerprint density at radius 1 is 1.43 bits per heavy atom. The van der Waals surface area contributed by atoms with Crippen LogP contribution in [-0.2, 0) is 5.88 Å². The lowest BCUT2D eigenvalue weighted by molar-refractivity contribution is 0.104. The molecule has 2 aromatic heterocycles. The Bertz CT molecular complexity index is 610. The van der Waals surface area contributed by atoms with Crippen molar-refractivity contribution in [1.82, 2.24) is 9.97 Å². The van der Waals surface area contributed by atoms with Crippen molar-refractivity contribution in [3.05, 3.63) is 40.0 Å². The first-order valence-electron chi connectivity index (χ1n) is 6.94. The lowest BCUT2D eigenvalue weighted by Crippen LogP contribution is -2.20. The molecule has 0 atom stereocenters. The Labute approximate surface area is 133 Å². The molecule has 0 unspecified atom stereocenters.